The van der Waals surface area contributed by atoms with Crippen LogP contribution >= 0.6 is 11.6 Å². The van der Waals surface area contributed by atoms with E-state index in [1.54, 1.807) is 12.1 Å². The van der Waals surface area contributed by atoms with Gasteiger partial charge in [0.15, 0.2) is 23.3 Å². The van der Waals surface area contributed by atoms with Crippen molar-refractivity contribution in [3.8, 4) is 23.3 Å². The Bertz CT molecular complexity index is 1230. The highest BCUT2D eigenvalue weighted by Gasteiger charge is 2.31. The van der Waals surface area contributed by atoms with Crippen molar-refractivity contribution in [1.29, 1.82) is 0 Å². The standard InChI is InChI=1S/C27H30ClFN2O6/c1-36-24-12-18(4-7-23(24)37-11-10-31-25(32)8-9-26(31)33)16-30(15-17-2-3-17)22(14-27(34)35)19-5-6-20(28)21(29)13-19/h4-9,12-13,17,22,32-33H,2-3,10-11,14-16H2,1H3,(H,34,35)/t22-/m0/s1. The van der Waals surface area contributed by atoms with E-state index in [-0.39, 0.29) is 36.4 Å². The van der Waals surface area contributed by atoms with Gasteiger partial charge in [0.05, 0.1) is 25.1 Å². The average molecular weight is 533 g/mol. The van der Waals surface area contributed by atoms with Crippen LogP contribution in [0.5, 0.6) is 23.3 Å². The highest BCUT2D eigenvalue weighted by Crippen LogP contribution is 2.37. The lowest BCUT2D eigenvalue weighted by Gasteiger charge is -2.32. The molecule has 8 nitrogen and oxygen atoms in total. The van der Waals surface area contributed by atoms with Crippen LogP contribution in [0.4, 0.5) is 4.39 Å². The minimum absolute atomic E-state index is 0.00547. The van der Waals surface area contributed by atoms with Crippen LogP contribution in [-0.2, 0) is 17.9 Å². The van der Waals surface area contributed by atoms with Crippen molar-refractivity contribution >= 4 is 17.6 Å². The van der Waals surface area contributed by atoms with Crippen molar-refractivity contribution in [2.24, 2.45) is 5.92 Å². The molecule has 0 bridgehead atoms. The molecular formula is C27H30ClFN2O6. The molecule has 0 aliphatic heterocycles. The lowest BCUT2D eigenvalue weighted by Crippen LogP contribution is -2.32. The Morgan fingerprint density at radius 1 is 1.14 bits per heavy atom. The van der Waals surface area contributed by atoms with Crippen LogP contribution in [0.15, 0.2) is 48.5 Å². The van der Waals surface area contributed by atoms with E-state index in [9.17, 15) is 24.5 Å². The second-order valence-electron chi connectivity index (χ2n) is 9.20. The van der Waals surface area contributed by atoms with Gasteiger partial charge >= 0.3 is 5.97 Å². The van der Waals surface area contributed by atoms with Crippen LogP contribution in [0.1, 0.15) is 36.4 Å². The summed E-state index contributed by atoms with van der Waals surface area (Å²) in [6.45, 7) is 1.54. The average Bonchev–Trinajstić information content (AvgIpc) is 3.63. The Morgan fingerprint density at radius 2 is 1.86 bits per heavy atom. The van der Waals surface area contributed by atoms with Gasteiger partial charge < -0.3 is 24.8 Å². The molecule has 1 atom stereocenters. The monoisotopic (exact) mass is 532 g/mol. The minimum atomic E-state index is -0.970. The zero-order valence-corrected chi connectivity index (χ0v) is 21.2. The number of carboxylic acid groups (broad SMARTS) is 1. The highest BCUT2D eigenvalue weighted by atomic mass is 35.5. The molecule has 1 aliphatic carbocycles. The first-order chi connectivity index (χ1) is 17.7. The Hall–Kier alpha value is -3.43. The lowest BCUT2D eigenvalue weighted by molar-refractivity contribution is -0.138. The number of ether oxygens (including phenoxy) is 2. The van der Waals surface area contributed by atoms with E-state index in [0.717, 1.165) is 18.4 Å². The molecule has 1 saturated carbocycles. The summed E-state index contributed by atoms with van der Waals surface area (Å²) in [5.41, 5.74) is 1.45. The summed E-state index contributed by atoms with van der Waals surface area (Å²) in [4.78, 5) is 13.8. The van der Waals surface area contributed by atoms with E-state index in [4.69, 9.17) is 21.1 Å². The van der Waals surface area contributed by atoms with Gasteiger partial charge in [-0.3, -0.25) is 14.3 Å². The Balaban J connectivity index is 1.52. The third kappa shape index (κ3) is 6.87. The number of aromatic hydroxyl groups is 2. The minimum Gasteiger partial charge on any atom is -0.494 e. The SMILES string of the molecule is COc1cc(CN(CC2CC2)[C@@H](CC(=O)O)c2ccc(Cl)c(F)c2)ccc1OCCn1c(O)ccc1O. The van der Waals surface area contributed by atoms with Gasteiger partial charge in [0.1, 0.15) is 12.4 Å². The number of hydrogen-bond donors (Lipinski definition) is 3. The van der Waals surface area contributed by atoms with E-state index < -0.39 is 17.8 Å². The topological polar surface area (TPSA) is 104 Å². The van der Waals surface area contributed by atoms with Gasteiger partial charge in [-0.1, -0.05) is 23.7 Å². The normalized spacial score (nSPS) is 14.1. The van der Waals surface area contributed by atoms with Crippen LogP contribution in [-0.4, -0.2) is 51.0 Å². The van der Waals surface area contributed by atoms with E-state index in [0.29, 0.717) is 36.1 Å². The molecule has 0 amide bonds. The molecule has 10 heteroatoms. The summed E-state index contributed by atoms with van der Waals surface area (Å²) in [6, 6.07) is 12.2. The van der Waals surface area contributed by atoms with E-state index >= 15 is 0 Å². The Labute approximate surface area is 219 Å². The molecule has 1 aliphatic rings. The highest BCUT2D eigenvalue weighted by molar-refractivity contribution is 6.30. The second-order valence-corrected chi connectivity index (χ2v) is 9.60. The maximum absolute atomic E-state index is 14.3. The first kappa shape index (κ1) is 26.6. The fourth-order valence-electron chi connectivity index (χ4n) is 4.36. The van der Waals surface area contributed by atoms with E-state index in [1.807, 2.05) is 12.1 Å². The predicted molar refractivity (Wildman–Crippen MR) is 136 cm³/mol. The summed E-state index contributed by atoms with van der Waals surface area (Å²) in [5.74, 6) is -0.205. The molecule has 0 unspecified atom stereocenters. The fourth-order valence-corrected chi connectivity index (χ4v) is 4.48. The van der Waals surface area contributed by atoms with Crippen molar-refractivity contribution in [3.05, 3.63) is 70.5 Å². The van der Waals surface area contributed by atoms with Crippen molar-refractivity contribution in [2.75, 3.05) is 20.3 Å². The maximum Gasteiger partial charge on any atom is 0.305 e. The summed E-state index contributed by atoms with van der Waals surface area (Å²) >= 11 is 5.87. The van der Waals surface area contributed by atoms with E-state index in [1.165, 1.54) is 35.9 Å². The van der Waals surface area contributed by atoms with Gasteiger partial charge in [0, 0.05) is 31.3 Å². The number of aliphatic carboxylic acids is 1. The molecule has 1 aromatic heterocycles. The number of carbonyl (C=O) groups is 1. The number of carboxylic acids is 1. The fraction of sp³-hybridized carbons (Fsp3) is 0.370. The molecule has 198 valence electrons. The number of hydrogen-bond acceptors (Lipinski definition) is 6. The number of nitrogens with zero attached hydrogens (tertiary/aromatic N) is 2. The molecule has 1 fully saturated rings. The largest absolute Gasteiger partial charge is 0.494 e. The summed E-state index contributed by atoms with van der Waals surface area (Å²) in [5, 5.41) is 29.2. The molecule has 3 N–H and O–H groups in total. The van der Waals surface area contributed by atoms with Gasteiger partial charge in [0.25, 0.3) is 0 Å². The molecule has 2 aromatic carbocycles. The summed E-state index contributed by atoms with van der Waals surface area (Å²) in [7, 11) is 1.53. The van der Waals surface area contributed by atoms with E-state index in [2.05, 4.69) is 4.90 Å². The van der Waals surface area contributed by atoms with Crippen LogP contribution in [0.3, 0.4) is 0 Å². The van der Waals surface area contributed by atoms with Gasteiger partial charge in [-0.05, 0) is 54.2 Å². The number of aromatic nitrogens is 1. The molecular weight excluding hydrogens is 503 g/mol. The first-order valence-electron chi connectivity index (χ1n) is 12.0. The van der Waals surface area contributed by atoms with Crippen molar-refractivity contribution in [3.63, 3.8) is 0 Å². The number of rotatable bonds is 13. The second kappa shape index (κ2) is 11.7. The van der Waals surface area contributed by atoms with Crippen LogP contribution in [0.2, 0.25) is 5.02 Å². The number of methoxy groups -OCH3 is 1. The molecule has 3 aromatic rings. The predicted octanol–water partition coefficient (Wildman–Crippen LogP) is 5.21. The van der Waals surface area contributed by atoms with Crippen LogP contribution in [0, 0.1) is 11.7 Å². The Morgan fingerprint density at radius 3 is 2.49 bits per heavy atom. The third-order valence-corrected chi connectivity index (χ3v) is 6.75. The molecule has 0 radical (unpaired) electrons. The van der Waals surface area contributed by atoms with Crippen LogP contribution < -0.4 is 9.47 Å². The molecule has 0 saturated heterocycles. The smallest absolute Gasteiger partial charge is 0.305 e. The summed E-state index contributed by atoms with van der Waals surface area (Å²) in [6.07, 6.45) is 1.98. The van der Waals surface area contributed by atoms with Gasteiger partial charge in [0.2, 0.25) is 0 Å². The zero-order valence-electron chi connectivity index (χ0n) is 20.4. The quantitative estimate of drug-likeness (QED) is 0.278. The van der Waals surface area contributed by atoms with Crippen molar-refractivity contribution in [2.45, 2.75) is 38.4 Å². The first-order valence-corrected chi connectivity index (χ1v) is 12.4. The zero-order chi connectivity index (χ0) is 26.5. The maximum atomic E-state index is 14.3. The number of halogens is 2. The third-order valence-electron chi connectivity index (χ3n) is 6.45. The van der Waals surface area contributed by atoms with Crippen molar-refractivity contribution in [1.82, 2.24) is 9.47 Å². The van der Waals surface area contributed by atoms with Crippen LogP contribution in [0.25, 0.3) is 0 Å². The molecule has 37 heavy (non-hydrogen) atoms. The molecule has 4 rings (SSSR count). The molecule has 0 spiro atoms. The van der Waals surface area contributed by atoms with Gasteiger partial charge in [-0.2, -0.15) is 0 Å². The number of benzene rings is 2. The molecule has 1 heterocycles. The summed E-state index contributed by atoms with van der Waals surface area (Å²) < 4.78 is 26.9. The Kier molecular flexibility index (Phi) is 8.45. The van der Waals surface area contributed by atoms with Gasteiger partial charge in [-0.25, -0.2) is 4.39 Å². The van der Waals surface area contributed by atoms with Crippen molar-refractivity contribution < 1.29 is 34.0 Å². The van der Waals surface area contributed by atoms with Gasteiger partial charge in [-0.15, -0.1) is 0 Å². The lowest BCUT2D eigenvalue weighted by atomic mass is 10.00.